The Morgan fingerprint density at radius 2 is 1.78 bits per heavy atom. The first-order chi connectivity index (χ1) is 28.2. The third kappa shape index (κ3) is 6.59. The number of amides is 4. The number of aromatic hydroxyl groups is 2. The molecule has 4 aliphatic heterocycles. The number of phenols is 2. The molecule has 19 heteroatoms. The third-order valence-electron chi connectivity index (χ3n) is 11.7. The summed E-state index contributed by atoms with van der Waals surface area (Å²) in [5, 5.41) is 41.0. The zero-order valence-corrected chi connectivity index (χ0v) is 31.8. The highest BCUT2D eigenvalue weighted by atomic mass is 16.7. The molecule has 0 spiro atoms. The molecule has 0 aromatic heterocycles. The molecule has 4 heterocycles. The fourth-order valence-corrected chi connectivity index (χ4v) is 8.93. The molecule has 58 heavy (non-hydrogen) atoms. The van der Waals surface area contributed by atoms with Gasteiger partial charge in [-0.05, 0) is 13.0 Å². The van der Waals surface area contributed by atoms with E-state index in [0.717, 1.165) is 0 Å². The van der Waals surface area contributed by atoms with Gasteiger partial charge < -0.3 is 54.4 Å². The van der Waals surface area contributed by atoms with Gasteiger partial charge in [0, 0.05) is 82.9 Å². The Kier molecular flexibility index (Phi) is 10.2. The van der Waals surface area contributed by atoms with E-state index in [1.165, 1.54) is 32.4 Å². The summed E-state index contributed by atoms with van der Waals surface area (Å²) < 4.78 is 43.3. The summed E-state index contributed by atoms with van der Waals surface area (Å²) in [6.07, 6.45) is -6.99. The quantitative estimate of drug-likeness (QED) is 0.0987. The normalized spacial score (nSPS) is 31.8. The Bertz CT molecular complexity index is 2130. The standard InChI is InChI=1S/C39H44N4O15/c1-17-35-20(42-11-12-55-37(54-3)36(42)58-35)13-26(56-17)57-22-15-39(52,38(51)41-10-9-40-23(44)16-43-24(45)7-8-25(43)46)14-19-28(22)34(50)30-29(32(19)48)31(47)18-5-4-6-21(53-2)27(18)33(30)49/h4-6,17,20,22,26,35-37,48,50,52H,7-16H2,1-3H3,(H,40,44)(H,41,51)/t17-,20-,22-,26-,35+,36+,37-,39-/m0/s1/i7T/t7?,17-,20-,22-,26-,35+,36+,37-,39-. The summed E-state index contributed by atoms with van der Waals surface area (Å²) in [7, 11) is 2.84. The molecule has 0 bridgehead atoms. The number of hydrogen-bond acceptors (Lipinski definition) is 16. The highest BCUT2D eigenvalue weighted by Gasteiger charge is 2.55. The van der Waals surface area contributed by atoms with E-state index in [9.17, 15) is 44.1 Å². The Morgan fingerprint density at radius 3 is 2.50 bits per heavy atom. The molecule has 0 saturated carbocycles. The van der Waals surface area contributed by atoms with E-state index in [1.807, 2.05) is 0 Å². The van der Waals surface area contributed by atoms with E-state index < -0.39 is 126 Å². The summed E-state index contributed by atoms with van der Waals surface area (Å²) in [5.41, 5.74) is -3.85. The Morgan fingerprint density at radius 1 is 1.02 bits per heavy atom. The van der Waals surface area contributed by atoms with Crippen molar-refractivity contribution >= 4 is 35.2 Å². The van der Waals surface area contributed by atoms with Crippen LogP contribution in [-0.2, 0) is 49.3 Å². The number of carbonyl (C=O) groups excluding carboxylic acids is 6. The van der Waals surface area contributed by atoms with Gasteiger partial charge in [-0.3, -0.25) is 38.6 Å². The average molecular weight is 811 g/mol. The van der Waals surface area contributed by atoms with Crippen molar-refractivity contribution in [3.8, 4) is 17.2 Å². The summed E-state index contributed by atoms with van der Waals surface area (Å²) in [6, 6.07) is 4.13. The second-order valence-corrected chi connectivity index (χ2v) is 15.0. The van der Waals surface area contributed by atoms with Gasteiger partial charge in [0.25, 0.3) is 5.91 Å². The number of ether oxygens (including phenoxy) is 6. The Balaban J connectivity index is 1.08. The lowest BCUT2D eigenvalue weighted by atomic mass is 9.72. The lowest BCUT2D eigenvalue weighted by Gasteiger charge is -2.43. The number of nitrogens with one attached hydrogen (secondary N) is 2. The van der Waals surface area contributed by atoms with E-state index in [4.69, 9.17) is 29.8 Å². The maximum absolute atomic E-state index is 14.1. The SMILES string of the molecule is [3H]C1CC(=O)N(CC(=O)NCCNC(=O)[C@]2(O)Cc3c(O)c4c(c(O)c3[C@@H](O[C@H]3C[C@H]5[C@H](O[C@@H]6[C@@H](OC)OCCN65)[C@H](C)O3)C2)C(=O)c2c(OC)cccc2C4=O)C1=O. The third-order valence-corrected chi connectivity index (χ3v) is 11.7. The van der Waals surface area contributed by atoms with Gasteiger partial charge in [-0.2, -0.15) is 0 Å². The molecule has 2 aromatic rings. The van der Waals surface area contributed by atoms with Gasteiger partial charge in [-0.15, -0.1) is 0 Å². The first-order valence-corrected chi connectivity index (χ1v) is 18.9. The van der Waals surface area contributed by atoms with Crippen LogP contribution in [-0.4, -0.2) is 150 Å². The first kappa shape index (κ1) is 38.5. The number of imide groups is 1. The van der Waals surface area contributed by atoms with Crippen LogP contribution in [0, 0.1) is 0 Å². The van der Waals surface area contributed by atoms with E-state index in [0.29, 0.717) is 18.1 Å². The summed E-state index contributed by atoms with van der Waals surface area (Å²) >= 11 is 0. The van der Waals surface area contributed by atoms with Crippen LogP contribution in [0.3, 0.4) is 0 Å². The van der Waals surface area contributed by atoms with Crippen LogP contribution in [0.5, 0.6) is 17.2 Å². The van der Waals surface area contributed by atoms with Crippen LogP contribution in [0.2, 0.25) is 0 Å². The second-order valence-electron chi connectivity index (χ2n) is 15.0. The van der Waals surface area contributed by atoms with Crippen LogP contribution in [0.15, 0.2) is 18.2 Å². The molecule has 4 saturated heterocycles. The van der Waals surface area contributed by atoms with Gasteiger partial charge in [-0.1, -0.05) is 12.1 Å². The lowest BCUT2D eigenvalue weighted by molar-refractivity contribution is -0.256. The minimum atomic E-state index is -2.35. The number of rotatable bonds is 10. The smallest absolute Gasteiger partial charge is 0.252 e. The molecule has 4 amide bonds. The van der Waals surface area contributed by atoms with Crippen LogP contribution in [0.25, 0.3) is 0 Å². The molecule has 8 rings (SSSR count). The van der Waals surface area contributed by atoms with Crippen molar-refractivity contribution in [1.82, 2.24) is 20.4 Å². The van der Waals surface area contributed by atoms with Crippen molar-refractivity contribution in [3.63, 3.8) is 0 Å². The number of methoxy groups -OCH3 is 2. The molecular weight excluding hydrogens is 764 g/mol. The molecule has 0 radical (unpaired) electrons. The van der Waals surface area contributed by atoms with Crippen molar-refractivity contribution in [2.45, 2.75) is 87.8 Å². The number of hydrogen-bond donors (Lipinski definition) is 5. The number of carbonyl (C=O) groups is 6. The van der Waals surface area contributed by atoms with Crippen molar-refractivity contribution < 1.29 is 73.9 Å². The summed E-state index contributed by atoms with van der Waals surface area (Å²) in [4.78, 5) is 81.3. The highest BCUT2D eigenvalue weighted by Crippen LogP contribution is 2.53. The fourth-order valence-electron chi connectivity index (χ4n) is 8.93. The predicted molar refractivity (Wildman–Crippen MR) is 194 cm³/mol. The van der Waals surface area contributed by atoms with Crippen LogP contribution < -0.4 is 15.4 Å². The number of phenolic OH excluding ortho intramolecular Hbond substituents is 2. The van der Waals surface area contributed by atoms with Gasteiger partial charge in [0.05, 0.1) is 42.6 Å². The molecule has 9 atom stereocenters. The highest BCUT2D eigenvalue weighted by molar-refractivity contribution is 6.31. The molecule has 6 aliphatic rings. The number of fused-ring (bicyclic) bond motifs is 6. The van der Waals surface area contributed by atoms with E-state index in [2.05, 4.69) is 15.5 Å². The van der Waals surface area contributed by atoms with E-state index in [-0.39, 0.29) is 60.0 Å². The first-order valence-electron chi connectivity index (χ1n) is 19.5. The van der Waals surface area contributed by atoms with E-state index in [1.54, 1.807) is 6.92 Å². The molecule has 19 nitrogen and oxygen atoms in total. The zero-order valence-electron chi connectivity index (χ0n) is 32.8. The van der Waals surface area contributed by atoms with Crippen molar-refractivity contribution in [1.29, 1.82) is 0 Å². The zero-order chi connectivity index (χ0) is 42.1. The molecule has 2 aromatic carbocycles. The van der Waals surface area contributed by atoms with Crippen molar-refractivity contribution in [2.75, 3.05) is 47.0 Å². The summed E-state index contributed by atoms with van der Waals surface area (Å²) in [5.74, 6) is -6.00. The number of ketones is 2. The van der Waals surface area contributed by atoms with Gasteiger partial charge >= 0.3 is 0 Å². The molecule has 1 unspecified atom stereocenters. The monoisotopic (exact) mass is 810 g/mol. The number of morpholine rings is 1. The largest absolute Gasteiger partial charge is 0.507 e. The molecule has 5 N–H and O–H groups in total. The van der Waals surface area contributed by atoms with Gasteiger partial charge in [0.1, 0.15) is 35.5 Å². The number of nitrogens with zero attached hydrogens (tertiary/aromatic N) is 2. The predicted octanol–water partition coefficient (Wildman–Crippen LogP) is -0.469. The fraction of sp³-hybridized carbons (Fsp3) is 0.538. The topological polar surface area (TPSA) is 249 Å². The Labute approximate surface area is 332 Å². The summed E-state index contributed by atoms with van der Waals surface area (Å²) in [6.45, 7) is 1.71. The van der Waals surface area contributed by atoms with Gasteiger partial charge in [0.2, 0.25) is 23.5 Å². The van der Waals surface area contributed by atoms with Gasteiger partial charge in [0.15, 0.2) is 24.6 Å². The molecular formula is C39H44N4O15. The number of benzene rings is 2. The minimum Gasteiger partial charge on any atom is -0.507 e. The molecule has 310 valence electrons. The van der Waals surface area contributed by atoms with Crippen LogP contribution in [0.1, 0.15) is 83.0 Å². The lowest BCUT2D eigenvalue weighted by Crippen LogP contribution is -2.55. The average Bonchev–Trinajstić information content (AvgIpc) is 3.71. The maximum atomic E-state index is 14.1. The van der Waals surface area contributed by atoms with Crippen LogP contribution >= 0.6 is 0 Å². The van der Waals surface area contributed by atoms with Gasteiger partial charge in [-0.25, -0.2) is 0 Å². The Hall–Kier alpha value is -5.02. The van der Waals surface area contributed by atoms with Crippen LogP contribution in [0.4, 0.5) is 0 Å². The van der Waals surface area contributed by atoms with E-state index >= 15 is 0 Å². The maximum Gasteiger partial charge on any atom is 0.252 e. The molecule has 4 fully saturated rings. The van der Waals surface area contributed by atoms with Crippen molar-refractivity contribution in [3.05, 3.63) is 51.6 Å². The molecule has 2 aliphatic carbocycles. The number of likely N-dealkylation sites (tertiary alicyclic amines) is 1. The minimum absolute atomic E-state index is 0.0766. The second kappa shape index (κ2) is 15.3. The number of aliphatic hydroxyl groups is 1. The van der Waals surface area contributed by atoms with Crippen molar-refractivity contribution in [2.24, 2.45) is 0 Å².